The van der Waals surface area contributed by atoms with Gasteiger partial charge in [-0.15, -0.1) is 0 Å². The van der Waals surface area contributed by atoms with Crippen LogP contribution in [0.2, 0.25) is 5.02 Å². The van der Waals surface area contributed by atoms with Gasteiger partial charge in [0.1, 0.15) is 5.75 Å². The van der Waals surface area contributed by atoms with Crippen molar-refractivity contribution in [3.63, 3.8) is 0 Å². The van der Waals surface area contributed by atoms with Gasteiger partial charge in [0.05, 0.1) is 23.9 Å². The Morgan fingerprint density at radius 3 is 2.85 bits per heavy atom. The third kappa shape index (κ3) is 2.28. The molecule has 1 atom stereocenters. The predicted octanol–water partition coefficient (Wildman–Crippen LogP) is 3.87. The SMILES string of the molecule is O=C1C[C@@]2(CCOc3ccc(Cl)cc32)C(=O)N1c1cncc2ccccc12. The van der Waals surface area contributed by atoms with Crippen LogP contribution in [0, 0.1) is 0 Å². The molecule has 5 nitrogen and oxygen atoms in total. The number of nitrogens with zero attached hydrogens (tertiary/aromatic N) is 2. The molecule has 2 aliphatic rings. The summed E-state index contributed by atoms with van der Waals surface area (Å²) in [6.45, 7) is 0.384. The molecule has 1 saturated heterocycles. The van der Waals surface area contributed by atoms with Crippen LogP contribution in [0.15, 0.2) is 54.9 Å². The number of rotatable bonds is 1. The normalized spacial score (nSPS) is 21.6. The van der Waals surface area contributed by atoms with E-state index in [1.54, 1.807) is 30.6 Å². The average molecular weight is 379 g/mol. The molecule has 5 rings (SSSR count). The Hall–Kier alpha value is -2.92. The second-order valence-electron chi connectivity index (χ2n) is 6.91. The summed E-state index contributed by atoms with van der Waals surface area (Å²) < 4.78 is 5.71. The Bertz CT molecular complexity index is 1110. The van der Waals surface area contributed by atoms with Gasteiger partial charge < -0.3 is 4.74 Å². The Morgan fingerprint density at radius 1 is 1.11 bits per heavy atom. The highest BCUT2D eigenvalue weighted by Gasteiger charge is 2.55. The number of benzene rings is 2. The fourth-order valence-corrected chi connectivity index (χ4v) is 4.31. The van der Waals surface area contributed by atoms with Crippen LogP contribution in [0.3, 0.4) is 0 Å². The maximum absolute atomic E-state index is 13.6. The molecule has 0 radical (unpaired) electrons. The highest BCUT2D eigenvalue weighted by atomic mass is 35.5. The standard InChI is InChI=1S/C21H15ClN2O3/c22-14-5-6-18-16(9-14)21(7-8-27-18)10-19(25)24(20(21)26)17-12-23-11-13-3-1-2-4-15(13)17/h1-6,9,11-12H,7-8,10H2/t21-/m1/s1. The molecule has 0 bridgehead atoms. The topological polar surface area (TPSA) is 59.5 Å². The minimum Gasteiger partial charge on any atom is -0.493 e. The van der Waals surface area contributed by atoms with Crippen molar-refractivity contribution in [3.05, 3.63) is 65.4 Å². The van der Waals surface area contributed by atoms with E-state index >= 15 is 0 Å². The number of ether oxygens (including phenoxy) is 1. The molecular formula is C21H15ClN2O3. The smallest absolute Gasteiger partial charge is 0.245 e. The lowest BCUT2D eigenvalue weighted by atomic mass is 9.74. The summed E-state index contributed by atoms with van der Waals surface area (Å²) in [7, 11) is 0. The van der Waals surface area contributed by atoms with Crippen LogP contribution < -0.4 is 9.64 Å². The van der Waals surface area contributed by atoms with E-state index in [4.69, 9.17) is 16.3 Å². The molecule has 0 aliphatic carbocycles. The van der Waals surface area contributed by atoms with Crippen molar-refractivity contribution in [1.82, 2.24) is 4.98 Å². The Kier molecular flexibility index (Phi) is 3.49. The number of fused-ring (bicyclic) bond motifs is 3. The fraction of sp³-hybridized carbons (Fsp3) is 0.190. The second kappa shape index (κ2) is 5.79. The highest BCUT2D eigenvalue weighted by Crippen LogP contribution is 2.48. The Labute approximate surface area is 160 Å². The quantitative estimate of drug-likeness (QED) is 0.603. The molecule has 6 heteroatoms. The molecule has 1 fully saturated rings. The number of carbonyl (C=O) groups excluding carboxylic acids is 2. The van der Waals surface area contributed by atoms with E-state index in [0.29, 0.717) is 35.1 Å². The lowest BCUT2D eigenvalue weighted by Gasteiger charge is -2.33. The maximum atomic E-state index is 13.6. The van der Waals surface area contributed by atoms with Crippen molar-refractivity contribution < 1.29 is 14.3 Å². The van der Waals surface area contributed by atoms with Gasteiger partial charge in [0.25, 0.3) is 0 Å². The number of aromatic nitrogens is 1. The van der Waals surface area contributed by atoms with E-state index in [9.17, 15) is 9.59 Å². The van der Waals surface area contributed by atoms with E-state index < -0.39 is 5.41 Å². The van der Waals surface area contributed by atoms with Gasteiger partial charge >= 0.3 is 0 Å². The molecule has 0 N–H and O–H groups in total. The zero-order chi connectivity index (χ0) is 18.6. The molecule has 2 aromatic carbocycles. The molecule has 1 aromatic heterocycles. The van der Waals surface area contributed by atoms with Crippen LogP contribution in [0.25, 0.3) is 10.8 Å². The van der Waals surface area contributed by atoms with Crippen LogP contribution in [0.1, 0.15) is 18.4 Å². The molecular weight excluding hydrogens is 364 g/mol. The summed E-state index contributed by atoms with van der Waals surface area (Å²) in [6, 6.07) is 12.8. The van der Waals surface area contributed by atoms with E-state index in [2.05, 4.69) is 4.98 Å². The fourth-order valence-electron chi connectivity index (χ4n) is 4.14. The minimum absolute atomic E-state index is 0.103. The number of anilines is 1. The lowest BCUT2D eigenvalue weighted by molar-refractivity contribution is -0.123. The van der Waals surface area contributed by atoms with Crippen molar-refractivity contribution in [2.45, 2.75) is 18.3 Å². The predicted molar refractivity (Wildman–Crippen MR) is 102 cm³/mol. The average Bonchev–Trinajstić information content (AvgIpc) is 2.92. The van der Waals surface area contributed by atoms with Gasteiger partial charge in [-0.25, -0.2) is 4.90 Å². The molecule has 27 heavy (non-hydrogen) atoms. The summed E-state index contributed by atoms with van der Waals surface area (Å²) in [6.07, 6.45) is 3.85. The first-order valence-electron chi connectivity index (χ1n) is 8.73. The van der Waals surface area contributed by atoms with Gasteiger partial charge in [-0.1, -0.05) is 35.9 Å². The van der Waals surface area contributed by atoms with Crippen LogP contribution in [0.4, 0.5) is 5.69 Å². The number of pyridine rings is 1. The van der Waals surface area contributed by atoms with Crippen LogP contribution in [0.5, 0.6) is 5.75 Å². The summed E-state index contributed by atoms with van der Waals surface area (Å²) in [5.74, 6) is 0.146. The molecule has 2 aliphatic heterocycles. The van der Waals surface area contributed by atoms with Crippen molar-refractivity contribution in [3.8, 4) is 5.75 Å². The van der Waals surface area contributed by atoms with Crippen molar-refractivity contribution in [2.24, 2.45) is 0 Å². The van der Waals surface area contributed by atoms with E-state index in [1.165, 1.54) is 4.90 Å². The Morgan fingerprint density at radius 2 is 1.96 bits per heavy atom. The van der Waals surface area contributed by atoms with E-state index in [0.717, 1.165) is 10.8 Å². The van der Waals surface area contributed by atoms with Gasteiger partial charge in [-0.05, 0) is 18.2 Å². The first kappa shape index (κ1) is 16.3. The second-order valence-corrected chi connectivity index (χ2v) is 7.35. The van der Waals surface area contributed by atoms with Crippen LogP contribution in [-0.4, -0.2) is 23.4 Å². The summed E-state index contributed by atoms with van der Waals surface area (Å²) in [5, 5.41) is 2.22. The minimum atomic E-state index is -0.938. The lowest BCUT2D eigenvalue weighted by Crippen LogP contribution is -2.42. The number of hydrogen-bond donors (Lipinski definition) is 0. The number of carbonyl (C=O) groups is 2. The van der Waals surface area contributed by atoms with Crippen molar-refractivity contribution in [1.29, 1.82) is 0 Å². The summed E-state index contributed by atoms with van der Waals surface area (Å²) in [5.41, 5.74) is 0.275. The van der Waals surface area contributed by atoms with Gasteiger partial charge in [0.2, 0.25) is 11.8 Å². The highest BCUT2D eigenvalue weighted by molar-refractivity contribution is 6.31. The van der Waals surface area contributed by atoms with Gasteiger partial charge in [-0.3, -0.25) is 14.6 Å². The largest absolute Gasteiger partial charge is 0.493 e. The molecule has 3 aromatic rings. The maximum Gasteiger partial charge on any atom is 0.245 e. The van der Waals surface area contributed by atoms with Crippen molar-refractivity contribution in [2.75, 3.05) is 11.5 Å². The summed E-state index contributed by atoms with van der Waals surface area (Å²) >= 11 is 6.18. The molecule has 134 valence electrons. The van der Waals surface area contributed by atoms with Crippen LogP contribution in [-0.2, 0) is 15.0 Å². The van der Waals surface area contributed by atoms with E-state index in [-0.39, 0.29) is 18.2 Å². The molecule has 3 heterocycles. The number of amides is 2. The van der Waals surface area contributed by atoms with Gasteiger partial charge in [0.15, 0.2) is 0 Å². The first-order valence-corrected chi connectivity index (χ1v) is 9.11. The molecule has 0 unspecified atom stereocenters. The zero-order valence-corrected chi connectivity index (χ0v) is 15.1. The Balaban J connectivity index is 1.68. The van der Waals surface area contributed by atoms with Crippen LogP contribution >= 0.6 is 11.6 Å². The number of imide groups is 1. The van der Waals surface area contributed by atoms with Crippen molar-refractivity contribution >= 4 is 39.9 Å². The summed E-state index contributed by atoms with van der Waals surface area (Å²) in [4.78, 5) is 32.1. The molecule has 0 saturated carbocycles. The number of hydrogen-bond acceptors (Lipinski definition) is 4. The number of halogens is 1. The molecule has 1 spiro atoms. The molecule has 2 amide bonds. The first-order chi connectivity index (χ1) is 13.1. The van der Waals surface area contributed by atoms with E-state index in [1.807, 2.05) is 24.3 Å². The van der Waals surface area contributed by atoms with Gasteiger partial charge in [0, 0.05) is 40.4 Å². The third-order valence-electron chi connectivity index (χ3n) is 5.45. The zero-order valence-electron chi connectivity index (χ0n) is 14.3. The third-order valence-corrected chi connectivity index (χ3v) is 5.68. The monoisotopic (exact) mass is 378 g/mol. The van der Waals surface area contributed by atoms with Gasteiger partial charge in [-0.2, -0.15) is 0 Å².